The highest BCUT2D eigenvalue weighted by molar-refractivity contribution is 6.23. The Morgan fingerprint density at radius 3 is 0.505 bits per heavy atom. The predicted molar refractivity (Wildman–Crippen MR) is 511 cm³/mol. The molecule has 0 saturated heterocycles. The van der Waals surface area contributed by atoms with E-state index in [1.54, 1.807) is 0 Å². The molecule has 0 radical (unpaired) electrons. The maximum atomic E-state index is 2.31. The van der Waals surface area contributed by atoms with Gasteiger partial charge in [0.05, 0.1) is 0 Å². The second-order valence-electron chi connectivity index (χ2n) is 23.8. The monoisotopic (exact) mass is 1450 g/mol. The van der Waals surface area contributed by atoms with E-state index in [9.17, 15) is 0 Å². The fraction of sp³-hybridized carbons (Fsp3) is 0.189. The van der Waals surface area contributed by atoms with E-state index in [0.717, 1.165) is 6.42 Å². The van der Waals surface area contributed by atoms with Crippen LogP contribution < -0.4 is 0 Å². The molecule has 0 saturated carbocycles. The minimum atomic E-state index is 0.920. The molecular formula is C111H122. The molecule has 20 aromatic rings. The minimum Gasteiger partial charge on any atom is -0.0683 e. The smallest absolute Gasteiger partial charge is 0.000112 e. The lowest BCUT2D eigenvalue weighted by Gasteiger charge is -2.16. The Balaban J connectivity index is 0.000000209. The van der Waals surface area contributed by atoms with Gasteiger partial charge in [0.1, 0.15) is 0 Å². The first-order valence-electron chi connectivity index (χ1n) is 41.6. The Kier molecular flexibility index (Phi) is 38.1. The lowest BCUT2D eigenvalue weighted by molar-refractivity contribution is 1.28. The van der Waals surface area contributed by atoms with Crippen LogP contribution in [0.3, 0.4) is 0 Å². The number of fused-ring (bicyclic) bond motifs is 14. The molecule has 0 unspecified atom stereocenters. The van der Waals surface area contributed by atoms with Gasteiger partial charge in [-0.15, -0.1) is 0 Å². The molecule has 0 aliphatic rings. The Labute approximate surface area is 666 Å². The fourth-order valence-corrected chi connectivity index (χ4v) is 14.1. The van der Waals surface area contributed by atoms with E-state index in [4.69, 9.17) is 0 Å². The van der Waals surface area contributed by atoms with Crippen molar-refractivity contribution in [1.29, 1.82) is 0 Å². The van der Waals surface area contributed by atoms with E-state index >= 15 is 0 Å². The summed E-state index contributed by atoms with van der Waals surface area (Å²) in [5.74, 6) is 0. The Morgan fingerprint density at radius 1 is 0.117 bits per heavy atom. The summed E-state index contributed by atoms with van der Waals surface area (Å²) in [6.45, 7) is 40.0. The molecule has 0 fully saturated rings. The Hall–Kier alpha value is -11.7. The van der Waals surface area contributed by atoms with Crippen LogP contribution in [0.2, 0.25) is 0 Å². The molecule has 0 heterocycles. The molecule has 0 bridgehead atoms. The van der Waals surface area contributed by atoms with E-state index in [1.807, 2.05) is 138 Å². The van der Waals surface area contributed by atoms with Gasteiger partial charge in [-0.25, -0.2) is 0 Å². The van der Waals surface area contributed by atoms with Crippen molar-refractivity contribution in [2.75, 3.05) is 0 Å². The Bertz CT molecular complexity index is 5460. The summed E-state index contributed by atoms with van der Waals surface area (Å²) < 4.78 is 0. The quantitative estimate of drug-likeness (QED) is 0.120. The van der Waals surface area contributed by atoms with Gasteiger partial charge in [0, 0.05) is 0 Å². The van der Waals surface area contributed by atoms with E-state index in [1.165, 1.54) is 162 Å². The SMILES string of the molecule is CC.CC.CC.CC.CC.CC.CC.CC.CC.CC.c1cc2ccc3cccc4ccc(c1)c2c34.c1ccc2c(Cc3c4ccccc4cc4ccccc34)c3ccccc3cc2c1.c1ccc2c(c1)ccc1c3ccccc3ccc21.c1ccc2c(c1)ccc1ccccc12.c1ccc2cc3ccccc3cc2c1. The molecule has 0 amide bonds. The van der Waals surface area contributed by atoms with Crippen molar-refractivity contribution in [3.63, 3.8) is 0 Å². The zero-order valence-corrected chi connectivity index (χ0v) is 70.3. The van der Waals surface area contributed by atoms with Crippen molar-refractivity contribution >= 4 is 151 Å². The highest BCUT2D eigenvalue weighted by Gasteiger charge is 2.14. The summed E-state index contributed by atoms with van der Waals surface area (Å²) in [6, 6.07) is 130. The summed E-state index contributed by atoms with van der Waals surface area (Å²) in [6.07, 6.45) is 0.920. The molecule has 0 N–H and O–H groups in total. The van der Waals surface area contributed by atoms with Crippen LogP contribution in [0.4, 0.5) is 0 Å². The van der Waals surface area contributed by atoms with Crippen molar-refractivity contribution in [2.45, 2.75) is 145 Å². The fourth-order valence-electron chi connectivity index (χ4n) is 14.1. The third kappa shape index (κ3) is 21.2. The molecule has 0 aromatic heterocycles. The van der Waals surface area contributed by atoms with Gasteiger partial charge in [-0.1, -0.05) is 478 Å². The van der Waals surface area contributed by atoms with Gasteiger partial charge in [-0.05, 0) is 193 Å². The van der Waals surface area contributed by atoms with Crippen LogP contribution in [0, 0.1) is 0 Å². The Morgan fingerprint density at radius 2 is 0.270 bits per heavy atom. The standard InChI is InChI=1S/C29H20.C18H12.C16H10.2C14H10.10C2H6/c1-5-13-24-20(9-1)17-21-10-2-6-14-25(21)28(24)19-29-26-15-7-3-11-22(26)18-23-12-4-8-16-27(23)29;1-3-7-15-13(5-1)9-11-18-16-8-4-2-6-14(16)10-12-17(15)18;1-3-11-7-9-13-5-2-6-14-10-8-12(4-1)15(11)16(13)14;1-3-7-13-11(5-1)9-10-12-6-2-4-8-14(12)13;1-2-6-12-10-14-8-4-3-7-13(14)9-11(12)5-1;10*1-2/h1-18H,19H2;1-12H;1-10H;2*1-10H;10*1-2H3. The molecule has 0 aliphatic carbocycles. The first kappa shape index (κ1) is 88.2. The highest BCUT2D eigenvalue weighted by atomic mass is 14.2. The zero-order chi connectivity index (χ0) is 80.5. The topological polar surface area (TPSA) is 0 Å². The number of benzene rings is 20. The van der Waals surface area contributed by atoms with Crippen molar-refractivity contribution < 1.29 is 0 Å². The zero-order valence-electron chi connectivity index (χ0n) is 70.3. The van der Waals surface area contributed by atoms with Crippen molar-refractivity contribution in [3.05, 3.63) is 375 Å². The highest BCUT2D eigenvalue weighted by Crippen LogP contribution is 2.38. The summed E-state index contributed by atoms with van der Waals surface area (Å²) in [5, 5.41) is 37.3. The van der Waals surface area contributed by atoms with Gasteiger partial charge in [0.25, 0.3) is 0 Å². The number of rotatable bonds is 2. The normalized spacial score (nSPS) is 9.84. The average molecular weight is 1460 g/mol. The molecule has 0 aliphatic heterocycles. The summed E-state index contributed by atoms with van der Waals surface area (Å²) >= 11 is 0. The van der Waals surface area contributed by atoms with Crippen molar-refractivity contribution in [3.8, 4) is 0 Å². The molecule has 20 rings (SSSR count). The van der Waals surface area contributed by atoms with Crippen LogP contribution in [0.25, 0.3) is 151 Å². The lowest BCUT2D eigenvalue weighted by Crippen LogP contribution is -1.95. The van der Waals surface area contributed by atoms with Crippen LogP contribution in [0.5, 0.6) is 0 Å². The largest absolute Gasteiger partial charge is 0.0683 e. The maximum absolute atomic E-state index is 2.31. The van der Waals surface area contributed by atoms with E-state index in [2.05, 4.69) is 364 Å². The van der Waals surface area contributed by atoms with E-state index < -0.39 is 0 Å². The lowest BCUT2D eigenvalue weighted by atomic mass is 9.88. The molecule has 566 valence electrons. The van der Waals surface area contributed by atoms with Crippen molar-refractivity contribution in [1.82, 2.24) is 0 Å². The summed E-state index contributed by atoms with van der Waals surface area (Å²) in [7, 11) is 0. The first-order valence-corrected chi connectivity index (χ1v) is 41.6. The van der Waals surface area contributed by atoms with E-state index in [0.29, 0.717) is 0 Å². The second-order valence-corrected chi connectivity index (χ2v) is 23.8. The third-order valence-corrected chi connectivity index (χ3v) is 18.4. The van der Waals surface area contributed by atoms with Gasteiger partial charge in [0.15, 0.2) is 0 Å². The van der Waals surface area contributed by atoms with Crippen LogP contribution in [-0.4, -0.2) is 0 Å². The molecule has 0 heteroatoms. The molecular weight excluding hydrogens is 1330 g/mol. The van der Waals surface area contributed by atoms with Crippen LogP contribution >= 0.6 is 0 Å². The van der Waals surface area contributed by atoms with E-state index in [-0.39, 0.29) is 0 Å². The molecule has 0 nitrogen and oxygen atoms in total. The van der Waals surface area contributed by atoms with Gasteiger partial charge in [-0.3, -0.25) is 0 Å². The maximum Gasteiger partial charge on any atom is -0.000112 e. The van der Waals surface area contributed by atoms with Crippen LogP contribution in [-0.2, 0) is 6.42 Å². The van der Waals surface area contributed by atoms with Gasteiger partial charge >= 0.3 is 0 Å². The third-order valence-electron chi connectivity index (χ3n) is 18.4. The summed E-state index contributed by atoms with van der Waals surface area (Å²) in [4.78, 5) is 0. The van der Waals surface area contributed by atoms with Gasteiger partial charge in [-0.2, -0.15) is 0 Å². The number of hydrogen-bond acceptors (Lipinski definition) is 0. The van der Waals surface area contributed by atoms with Crippen molar-refractivity contribution in [2.24, 2.45) is 0 Å². The second kappa shape index (κ2) is 48.0. The average Bonchev–Trinajstić information content (AvgIpc) is 0.759. The molecule has 20 aromatic carbocycles. The van der Waals surface area contributed by atoms with Gasteiger partial charge < -0.3 is 0 Å². The summed E-state index contributed by atoms with van der Waals surface area (Å²) in [5.41, 5.74) is 2.83. The first-order chi connectivity index (χ1) is 55.1. The molecule has 111 heavy (non-hydrogen) atoms. The minimum absolute atomic E-state index is 0.920. The van der Waals surface area contributed by atoms with Gasteiger partial charge in [0.2, 0.25) is 0 Å². The predicted octanol–water partition coefficient (Wildman–Crippen LogP) is 35.9. The molecule has 0 spiro atoms. The van der Waals surface area contributed by atoms with Crippen LogP contribution in [0.1, 0.15) is 150 Å². The molecule has 0 atom stereocenters. The number of hydrogen-bond donors (Lipinski definition) is 0. The van der Waals surface area contributed by atoms with Crippen LogP contribution in [0.15, 0.2) is 364 Å².